The van der Waals surface area contributed by atoms with Crippen molar-refractivity contribution in [3.8, 4) is 0 Å². The lowest BCUT2D eigenvalue weighted by Gasteiger charge is -2.11. The molecule has 1 amide bonds. The molecule has 25 heavy (non-hydrogen) atoms. The van der Waals surface area contributed by atoms with Crippen LogP contribution in [0.15, 0.2) is 66.7 Å². The summed E-state index contributed by atoms with van der Waals surface area (Å²) in [5, 5.41) is 6.73. The minimum absolute atomic E-state index is 0.170. The highest BCUT2D eigenvalue weighted by molar-refractivity contribution is 6.30. The Hall–Kier alpha value is -2.91. The summed E-state index contributed by atoms with van der Waals surface area (Å²) in [7, 11) is 0. The SMILES string of the molecule is Cc1cc(NC(=O)c2ccc(Cl)cc2)c2ccc3ccccc3c2n1. The zero-order valence-corrected chi connectivity index (χ0v) is 14.3. The topological polar surface area (TPSA) is 42.0 Å². The average Bonchev–Trinajstić information content (AvgIpc) is 2.62. The largest absolute Gasteiger partial charge is 0.321 e. The summed E-state index contributed by atoms with van der Waals surface area (Å²) < 4.78 is 0. The van der Waals surface area contributed by atoms with Crippen molar-refractivity contribution < 1.29 is 4.79 Å². The van der Waals surface area contributed by atoms with Gasteiger partial charge in [-0.05, 0) is 42.6 Å². The van der Waals surface area contributed by atoms with Crippen molar-refractivity contribution >= 4 is 44.9 Å². The predicted molar refractivity (Wildman–Crippen MR) is 103 cm³/mol. The van der Waals surface area contributed by atoms with Crippen LogP contribution in [0, 0.1) is 6.92 Å². The molecule has 0 bridgehead atoms. The third-order valence-corrected chi connectivity index (χ3v) is 4.44. The Morgan fingerprint density at radius 1 is 0.960 bits per heavy atom. The summed E-state index contributed by atoms with van der Waals surface area (Å²) in [6.45, 7) is 1.93. The van der Waals surface area contributed by atoms with Gasteiger partial charge in [-0.15, -0.1) is 0 Å². The van der Waals surface area contributed by atoms with Crippen molar-refractivity contribution in [2.24, 2.45) is 0 Å². The van der Waals surface area contributed by atoms with Gasteiger partial charge in [-0.3, -0.25) is 9.78 Å². The number of aromatic nitrogens is 1. The fourth-order valence-corrected chi connectivity index (χ4v) is 3.11. The highest BCUT2D eigenvalue weighted by atomic mass is 35.5. The Morgan fingerprint density at radius 2 is 1.72 bits per heavy atom. The molecule has 122 valence electrons. The van der Waals surface area contributed by atoms with Gasteiger partial charge in [0.05, 0.1) is 11.2 Å². The molecule has 0 fully saturated rings. The van der Waals surface area contributed by atoms with Gasteiger partial charge in [-0.25, -0.2) is 0 Å². The van der Waals surface area contributed by atoms with E-state index in [9.17, 15) is 4.79 Å². The maximum absolute atomic E-state index is 12.6. The Labute approximate surface area is 150 Å². The van der Waals surface area contributed by atoms with Crippen LogP contribution in [-0.4, -0.2) is 10.9 Å². The molecule has 0 unspecified atom stereocenters. The van der Waals surface area contributed by atoms with E-state index in [2.05, 4.69) is 22.4 Å². The van der Waals surface area contributed by atoms with E-state index in [1.54, 1.807) is 24.3 Å². The van der Waals surface area contributed by atoms with Crippen LogP contribution in [0.2, 0.25) is 5.02 Å². The van der Waals surface area contributed by atoms with Crippen molar-refractivity contribution in [3.63, 3.8) is 0 Å². The van der Waals surface area contributed by atoms with E-state index in [1.165, 1.54) is 0 Å². The Morgan fingerprint density at radius 3 is 2.52 bits per heavy atom. The summed E-state index contributed by atoms with van der Waals surface area (Å²) in [5.41, 5.74) is 3.07. The van der Waals surface area contributed by atoms with Gasteiger partial charge in [0.2, 0.25) is 0 Å². The molecule has 1 aromatic heterocycles. The summed E-state index contributed by atoms with van der Waals surface area (Å²) in [4.78, 5) is 17.3. The molecule has 1 heterocycles. The molecular formula is C21H15ClN2O. The molecule has 4 heteroatoms. The first-order chi connectivity index (χ1) is 12.1. The monoisotopic (exact) mass is 346 g/mol. The molecule has 3 nitrogen and oxygen atoms in total. The number of aryl methyl sites for hydroxylation is 1. The lowest BCUT2D eigenvalue weighted by Crippen LogP contribution is -2.12. The van der Waals surface area contributed by atoms with E-state index in [0.29, 0.717) is 10.6 Å². The number of halogens is 1. The Bertz CT molecular complexity index is 1100. The molecule has 0 atom stereocenters. The molecular weight excluding hydrogens is 332 g/mol. The first kappa shape index (κ1) is 15.6. The number of pyridine rings is 1. The predicted octanol–water partition coefficient (Wildman–Crippen LogP) is 5.60. The van der Waals surface area contributed by atoms with E-state index < -0.39 is 0 Å². The van der Waals surface area contributed by atoms with Crippen LogP contribution in [0.5, 0.6) is 0 Å². The quantitative estimate of drug-likeness (QED) is 0.480. The van der Waals surface area contributed by atoms with Gasteiger partial charge < -0.3 is 5.32 Å². The van der Waals surface area contributed by atoms with Crippen LogP contribution < -0.4 is 5.32 Å². The number of amides is 1. The van der Waals surface area contributed by atoms with E-state index in [4.69, 9.17) is 11.6 Å². The zero-order chi connectivity index (χ0) is 17.4. The van der Waals surface area contributed by atoms with Crippen molar-refractivity contribution in [2.75, 3.05) is 5.32 Å². The molecule has 0 aliphatic rings. The number of anilines is 1. The maximum Gasteiger partial charge on any atom is 0.255 e. The van der Waals surface area contributed by atoms with Gasteiger partial charge in [-0.1, -0.05) is 48.0 Å². The molecule has 0 aliphatic carbocycles. The van der Waals surface area contributed by atoms with Gasteiger partial charge in [0.25, 0.3) is 5.91 Å². The third-order valence-electron chi connectivity index (χ3n) is 4.19. The number of hydrogen-bond donors (Lipinski definition) is 1. The summed E-state index contributed by atoms with van der Waals surface area (Å²) in [6.07, 6.45) is 0. The lowest BCUT2D eigenvalue weighted by atomic mass is 10.0. The van der Waals surface area contributed by atoms with Crippen molar-refractivity contribution in [3.05, 3.63) is 83.0 Å². The van der Waals surface area contributed by atoms with E-state index in [-0.39, 0.29) is 5.91 Å². The van der Waals surface area contributed by atoms with Gasteiger partial charge in [-0.2, -0.15) is 0 Å². The van der Waals surface area contributed by atoms with Gasteiger partial charge in [0.15, 0.2) is 0 Å². The van der Waals surface area contributed by atoms with E-state index in [1.807, 2.05) is 37.3 Å². The fraction of sp³-hybridized carbons (Fsp3) is 0.0476. The number of hydrogen-bond acceptors (Lipinski definition) is 2. The number of carbonyl (C=O) groups excluding carboxylic acids is 1. The average molecular weight is 347 g/mol. The molecule has 0 saturated carbocycles. The van der Waals surface area contributed by atoms with Crippen LogP contribution in [0.25, 0.3) is 21.7 Å². The normalized spacial score (nSPS) is 11.0. The van der Waals surface area contributed by atoms with Crippen molar-refractivity contribution in [2.45, 2.75) is 6.92 Å². The molecule has 1 N–H and O–H groups in total. The maximum atomic E-state index is 12.6. The number of rotatable bonds is 2. The second kappa shape index (κ2) is 6.19. The molecule has 0 saturated heterocycles. The van der Waals surface area contributed by atoms with Gasteiger partial charge in [0, 0.05) is 27.1 Å². The van der Waals surface area contributed by atoms with E-state index in [0.717, 1.165) is 33.1 Å². The van der Waals surface area contributed by atoms with Gasteiger partial charge >= 0.3 is 0 Å². The second-order valence-electron chi connectivity index (χ2n) is 5.96. The Kier molecular flexibility index (Phi) is 3.86. The number of fused-ring (bicyclic) bond motifs is 3. The van der Waals surface area contributed by atoms with Crippen LogP contribution in [0.4, 0.5) is 5.69 Å². The number of nitrogens with zero attached hydrogens (tertiary/aromatic N) is 1. The number of carbonyl (C=O) groups is 1. The molecule has 4 rings (SSSR count). The lowest BCUT2D eigenvalue weighted by molar-refractivity contribution is 0.102. The Balaban J connectivity index is 1.82. The minimum Gasteiger partial charge on any atom is -0.321 e. The molecule has 0 spiro atoms. The first-order valence-electron chi connectivity index (χ1n) is 7.98. The number of nitrogens with one attached hydrogen (secondary N) is 1. The van der Waals surface area contributed by atoms with Crippen LogP contribution in [0.1, 0.15) is 16.1 Å². The number of benzene rings is 3. The third kappa shape index (κ3) is 2.94. The smallest absolute Gasteiger partial charge is 0.255 e. The molecule has 4 aromatic rings. The van der Waals surface area contributed by atoms with Crippen LogP contribution in [0.3, 0.4) is 0 Å². The van der Waals surface area contributed by atoms with Crippen LogP contribution >= 0.6 is 11.6 Å². The van der Waals surface area contributed by atoms with Gasteiger partial charge in [0.1, 0.15) is 0 Å². The van der Waals surface area contributed by atoms with Crippen molar-refractivity contribution in [1.29, 1.82) is 0 Å². The minimum atomic E-state index is -0.170. The fourth-order valence-electron chi connectivity index (χ4n) is 2.99. The van der Waals surface area contributed by atoms with Crippen LogP contribution in [-0.2, 0) is 0 Å². The van der Waals surface area contributed by atoms with Crippen molar-refractivity contribution in [1.82, 2.24) is 4.98 Å². The summed E-state index contributed by atoms with van der Waals surface area (Å²) >= 11 is 5.89. The highest BCUT2D eigenvalue weighted by Gasteiger charge is 2.11. The summed E-state index contributed by atoms with van der Waals surface area (Å²) in [6, 6.07) is 20.9. The van der Waals surface area contributed by atoms with E-state index >= 15 is 0 Å². The highest BCUT2D eigenvalue weighted by Crippen LogP contribution is 2.30. The molecule has 0 radical (unpaired) electrons. The zero-order valence-electron chi connectivity index (χ0n) is 13.6. The first-order valence-corrected chi connectivity index (χ1v) is 8.36. The standard InChI is InChI=1S/C21H15ClN2O/c1-13-12-19(24-21(25)15-6-9-16(22)10-7-15)18-11-8-14-4-2-3-5-17(14)20(18)23-13/h2-12H,1H3,(H,23,24,25). The summed E-state index contributed by atoms with van der Waals surface area (Å²) in [5.74, 6) is -0.170. The molecule has 0 aliphatic heterocycles. The molecule has 3 aromatic carbocycles. The second-order valence-corrected chi connectivity index (χ2v) is 6.39.